The summed E-state index contributed by atoms with van der Waals surface area (Å²) in [6, 6.07) is 13.6. The first kappa shape index (κ1) is 15.3. The van der Waals surface area contributed by atoms with E-state index in [1.165, 1.54) is 0 Å². The molecule has 7 heteroatoms. The van der Waals surface area contributed by atoms with E-state index >= 15 is 0 Å². The third-order valence-corrected chi connectivity index (χ3v) is 5.49. The van der Waals surface area contributed by atoms with Crippen LogP contribution in [-0.4, -0.2) is 34.6 Å². The van der Waals surface area contributed by atoms with E-state index in [0.29, 0.717) is 11.5 Å². The number of nitrogens with zero attached hydrogens (tertiary/aromatic N) is 4. The van der Waals surface area contributed by atoms with Gasteiger partial charge in [-0.25, -0.2) is 0 Å². The van der Waals surface area contributed by atoms with Crippen LogP contribution in [0.3, 0.4) is 0 Å². The highest BCUT2D eigenvalue weighted by molar-refractivity contribution is 7.79. The van der Waals surface area contributed by atoms with Crippen LogP contribution in [0, 0.1) is 0 Å². The lowest BCUT2D eigenvalue weighted by molar-refractivity contribution is 0.415. The summed E-state index contributed by atoms with van der Waals surface area (Å²) in [5, 5.41) is 17.7. The van der Waals surface area contributed by atoms with E-state index in [0.717, 1.165) is 16.2 Å². The molecule has 0 spiro atoms. The van der Waals surface area contributed by atoms with Gasteiger partial charge >= 0.3 is 0 Å². The van der Waals surface area contributed by atoms with Gasteiger partial charge in [-0.1, -0.05) is 30.3 Å². The van der Waals surface area contributed by atoms with Crippen molar-refractivity contribution >= 4 is 24.1 Å². The first-order valence-electron chi connectivity index (χ1n) is 6.91. The Morgan fingerprint density at radius 3 is 1.74 bits per heavy atom. The van der Waals surface area contributed by atoms with E-state index in [4.69, 9.17) is 9.47 Å². The Labute approximate surface area is 135 Å². The molecule has 0 fully saturated rings. The maximum atomic E-state index is 5.47. The van der Waals surface area contributed by atoms with Crippen LogP contribution in [0.15, 0.2) is 54.9 Å². The summed E-state index contributed by atoms with van der Waals surface area (Å²) in [6.45, 7) is 0. The molecule has 3 aromatic rings. The molecule has 116 valence electrons. The molecule has 2 heterocycles. The van der Waals surface area contributed by atoms with E-state index in [-0.39, 0.29) is 0 Å². The van der Waals surface area contributed by atoms with Crippen molar-refractivity contribution in [1.82, 2.24) is 20.4 Å². The standard InChI is InChI=1S/C16H15N4O2P/c1-21-13-8-10-17-19-15(13)23(12-6-4-3-5-7-12)16-14(22-2)9-11-18-20-16/h3-11H,1-2H3. The first-order valence-corrected chi connectivity index (χ1v) is 8.26. The van der Waals surface area contributed by atoms with Crippen LogP contribution in [0.4, 0.5) is 0 Å². The summed E-state index contributed by atoms with van der Waals surface area (Å²) >= 11 is 0. The SMILES string of the molecule is COc1ccnnc1P(c1ccccc1)c1nnccc1OC. The fraction of sp³-hybridized carbons (Fsp3) is 0.125. The summed E-state index contributed by atoms with van der Waals surface area (Å²) < 4.78 is 10.9. The molecule has 0 N–H and O–H groups in total. The zero-order valence-corrected chi connectivity index (χ0v) is 13.6. The topological polar surface area (TPSA) is 70.0 Å². The van der Waals surface area contributed by atoms with Crippen molar-refractivity contribution in [2.75, 3.05) is 14.2 Å². The quantitative estimate of drug-likeness (QED) is 0.653. The normalized spacial score (nSPS) is 10.6. The third-order valence-electron chi connectivity index (χ3n) is 3.21. The molecule has 2 aromatic heterocycles. The van der Waals surface area contributed by atoms with Crippen LogP contribution in [0.25, 0.3) is 0 Å². The molecule has 0 saturated carbocycles. The monoisotopic (exact) mass is 326 g/mol. The third kappa shape index (κ3) is 3.12. The molecule has 0 amide bonds. The average molecular weight is 326 g/mol. The number of benzene rings is 1. The second kappa shape index (κ2) is 7.11. The van der Waals surface area contributed by atoms with Crippen LogP contribution in [0.1, 0.15) is 0 Å². The average Bonchev–Trinajstić information content (AvgIpc) is 2.64. The van der Waals surface area contributed by atoms with E-state index in [2.05, 4.69) is 20.4 Å². The molecular formula is C16H15N4O2P. The zero-order valence-electron chi connectivity index (χ0n) is 12.7. The van der Waals surface area contributed by atoms with Gasteiger partial charge < -0.3 is 9.47 Å². The van der Waals surface area contributed by atoms with Gasteiger partial charge in [0.25, 0.3) is 0 Å². The summed E-state index contributed by atoms with van der Waals surface area (Å²) in [5.41, 5.74) is 1.46. The molecule has 3 rings (SSSR count). The zero-order chi connectivity index (χ0) is 16.1. The molecular weight excluding hydrogens is 311 g/mol. The van der Waals surface area contributed by atoms with Gasteiger partial charge in [0.2, 0.25) is 0 Å². The lowest BCUT2D eigenvalue weighted by atomic mass is 10.4. The molecule has 0 aliphatic carbocycles. The lowest BCUT2D eigenvalue weighted by Gasteiger charge is -2.19. The van der Waals surface area contributed by atoms with Gasteiger partial charge in [0.1, 0.15) is 22.4 Å². The summed E-state index contributed by atoms with van der Waals surface area (Å²) in [5.74, 6) is 1.34. The predicted octanol–water partition coefficient (Wildman–Crippen LogP) is 1.04. The van der Waals surface area contributed by atoms with Gasteiger partial charge in [0.15, 0.2) is 0 Å². The molecule has 0 radical (unpaired) electrons. The minimum Gasteiger partial charge on any atom is -0.494 e. The molecule has 0 aliphatic heterocycles. The van der Waals surface area contributed by atoms with E-state index in [1.807, 2.05) is 30.3 Å². The Hall–Kier alpha value is -2.59. The molecule has 6 nitrogen and oxygen atoms in total. The van der Waals surface area contributed by atoms with Crippen molar-refractivity contribution in [3.05, 3.63) is 54.9 Å². The Bertz CT molecular complexity index is 738. The van der Waals surface area contributed by atoms with Crippen LogP contribution >= 0.6 is 7.92 Å². The van der Waals surface area contributed by atoms with Crippen LogP contribution in [0.2, 0.25) is 0 Å². The number of aromatic nitrogens is 4. The van der Waals surface area contributed by atoms with Crippen LogP contribution < -0.4 is 25.6 Å². The number of hydrogen-bond acceptors (Lipinski definition) is 6. The smallest absolute Gasteiger partial charge is 0.149 e. The molecule has 0 aliphatic rings. The van der Waals surface area contributed by atoms with Crippen molar-refractivity contribution in [3.63, 3.8) is 0 Å². The molecule has 0 atom stereocenters. The Morgan fingerprint density at radius 2 is 1.26 bits per heavy atom. The molecule has 0 unspecified atom stereocenters. The van der Waals surface area contributed by atoms with Crippen molar-refractivity contribution in [1.29, 1.82) is 0 Å². The number of methoxy groups -OCH3 is 2. The second-order valence-electron chi connectivity index (χ2n) is 4.52. The highest BCUT2D eigenvalue weighted by Crippen LogP contribution is 2.36. The summed E-state index contributed by atoms with van der Waals surface area (Å²) in [7, 11) is 2.14. The minimum atomic E-state index is -1.10. The fourth-order valence-corrected chi connectivity index (χ4v) is 4.39. The van der Waals surface area contributed by atoms with Crippen molar-refractivity contribution in [3.8, 4) is 11.5 Å². The maximum absolute atomic E-state index is 5.47. The van der Waals surface area contributed by atoms with Gasteiger partial charge in [-0.3, -0.25) is 0 Å². The molecule has 0 saturated heterocycles. The maximum Gasteiger partial charge on any atom is 0.149 e. The van der Waals surface area contributed by atoms with Crippen LogP contribution in [0.5, 0.6) is 11.5 Å². The van der Waals surface area contributed by atoms with Crippen LogP contribution in [-0.2, 0) is 0 Å². The molecule has 1 aromatic carbocycles. The van der Waals surface area contributed by atoms with Crippen molar-refractivity contribution < 1.29 is 9.47 Å². The van der Waals surface area contributed by atoms with Gasteiger partial charge in [0.05, 0.1) is 26.6 Å². The number of hydrogen-bond donors (Lipinski definition) is 0. The highest BCUT2D eigenvalue weighted by atomic mass is 31.1. The Morgan fingerprint density at radius 1 is 0.739 bits per heavy atom. The molecule has 23 heavy (non-hydrogen) atoms. The van der Waals surface area contributed by atoms with Crippen molar-refractivity contribution in [2.24, 2.45) is 0 Å². The van der Waals surface area contributed by atoms with Gasteiger partial charge in [-0.05, 0) is 5.30 Å². The van der Waals surface area contributed by atoms with E-state index in [1.54, 1.807) is 38.7 Å². The molecule has 0 bridgehead atoms. The van der Waals surface area contributed by atoms with Crippen molar-refractivity contribution in [2.45, 2.75) is 0 Å². The van der Waals surface area contributed by atoms with Gasteiger partial charge in [-0.2, -0.15) is 10.2 Å². The predicted molar refractivity (Wildman–Crippen MR) is 89.4 cm³/mol. The number of ether oxygens (including phenoxy) is 2. The lowest BCUT2D eigenvalue weighted by Crippen LogP contribution is -2.27. The highest BCUT2D eigenvalue weighted by Gasteiger charge is 2.27. The second-order valence-corrected chi connectivity index (χ2v) is 6.55. The first-order chi connectivity index (χ1) is 11.3. The Kier molecular flexibility index (Phi) is 4.74. The summed E-state index contributed by atoms with van der Waals surface area (Å²) in [4.78, 5) is 0. The fourth-order valence-electron chi connectivity index (χ4n) is 2.18. The summed E-state index contributed by atoms with van der Waals surface area (Å²) in [6.07, 6.45) is 3.21. The van der Waals surface area contributed by atoms with E-state index in [9.17, 15) is 0 Å². The van der Waals surface area contributed by atoms with Gasteiger partial charge in [-0.15, -0.1) is 10.2 Å². The minimum absolute atomic E-state index is 0.669. The largest absolute Gasteiger partial charge is 0.494 e. The number of rotatable bonds is 5. The Balaban J connectivity index is 2.23. The van der Waals surface area contributed by atoms with Gasteiger partial charge in [0, 0.05) is 20.1 Å². The van der Waals surface area contributed by atoms with E-state index < -0.39 is 7.92 Å².